The van der Waals surface area contributed by atoms with E-state index in [1.165, 1.54) is 0 Å². The molecule has 1 aromatic heterocycles. The van der Waals surface area contributed by atoms with Crippen LogP contribution in [0, 0.1) is 0 Å². The molecule has 0 bridgehead atoms. The van der Waals surface area contributed by atoms with Crippen molar-refractivity contribution in [2.45, 2.75) is 31.8 Å². The number of benzene rings is 2. The summed E-state index contributed by atoms with van der Waals surface area (Å²) in [5, 5.41) is 6.83. The van der Waals surface area contributed by atoms with Gasteiger partial charge in [-0.15, -0.1) is 0 Å². The average Bonchev–Trinajstić information content (AvgIpc) is 3.25. The number of amides is 1. The van der Waals surface area contributed by atoms with Crippen LogP contribution in [0.1, 0.15) is 30.4 Å². The fraction of sp³-hybridized carbons (Fsp3) is 0.304. The normalized spacial score (nSPS) is 16.5. The first kappa shape index (κ1) is 21.7. The van der Waals surface area contributed by atoms with Gasteiger partial charge < -0.3 is 4.52 Å². The van der Waals surface area contributed by atoms with Gasteiger partial charge in [0.1, 0.15) is 0 Å². The van der Waals surface area contributed by atoms with E-state index in [0.717, 1.165) is 34.6 Å². The second-order valence-corrected chi connectivity index (χ2v) is 9.94. The molecule has 164 valence electrons. The summed E-state index contributed by atoms with van der Waals surface area (Å²) in [6, 6.07) is 17.3. The molecule has 7 nitrogen and oxygen atoms in total. The van der Waals surface area contributed by atoms with Gasteiger partial charge >= 0.3 is 136 Å². The number of nitrogens with one attached hydrogen (secondary N) is 1. The molecule has 0 atom stereocenters. The quantitative estimate of drug-likeness (QED) is 0.490. The van der Waals surface area contributed by atoms with Crippen LogP contribution < -0.4 is 5.32 Å². The molecular formula is C23H27N2O5P. The average molecular weight is 442 g/mol. The molecule has 1 aliphatic rings. The van der Waals surface area contributed by atoms with Gasteiger partial charge in [-0.05, 0) is 0 Å². The van der Waals surface area contributed by atoms with Crippen molar-refractivity contribution in [3.8, 4) is 11.3 Å². The molecule has 1 saturated heterocycles. The molecule has 1 fully saturated rings. The Labute approximate surface area is 182 Å². The van der Waals surface area contributed by atoms with E-state index < -0.39 is 7.94 Å². The SMILES string of the molecule is O=C(CCCc1cnoc1-c1ccccc1)Nc1ccc(C[PH]2(O)OCCCO2)cc1. The monoisotopic (exact) mass is 442 g/mol. The summed E-state index contributed by atoms with van der Waals surface area (Å²) < 4.78 is 16.3. The summed E-state index contributed by atoms with van der Waals surface area (Å²) in [5.41, 5.74) is 3.63. The predicted octanol–water partition coefficient (Wildman–Crippen LogP) is 4.73. The molecule has 2 aromatic carbocycles. The number of aromatic nitrogens is 1. The Balaban J connectivity index is 1.25. The molecule has 4 rings (SSSR count). The van der Waals surface area contributed by atoms with Crippen LogP contribution in [0.5, 0.6) is 0 Å². The van der Waals surface area contributed by atoms with Crippen molar-refractivity contribution >= 4 is 19.5 Å². The maximum atomic E-state index is 12.3. The summed E-state index contributed by atoms with van der Waals surface area (Å²) in [4.78, 5) is 22.7. The molecule has 31 heavy (non-hydrogen) atoms. The molecule has 2 heterocycles. The second-order valence-electron chi connectivity index (χ2n) is 7.58. The van der Waals surface area contributed by atoms with E-state index in [4.69, 9.17) is 13.6 Å². The summed E-state index contributed by atoms with van der Waals surface area (Å²) in [6.45, 7) is 1.08. The molecule has 0 unspecified atom stereocenters. The number of anilines is 1. The maximum absolute atomic E-state index is 12.3. The number of hydrogen-bond acceptors (Lipinski definition) is 6. The van der Waals surface area contributed by atoms with Crippen molar-refractivity contribution in [2.75, 3.05) is 18.5 Å². The number of rotatable bonds is 8. The van der Waals surface area contributed by atoms with Crippen LogP contribution >= 0.6 is 7.94 Å². The molecule has 0 spiro atoms. The van der Waals surface area contributed by atoms with Crippen LogP contribution in [-0.2, 0) is 26.4 Å². The van der Waals surface area contributed by atoms with Gasteiger partial charge in [-0.3, -0.25) is 0 Å². The third-order valence-electron chi connectivity index (χ3n) is 5.14. The van der Waals surface area contributed by atoms with Gasteiger partial charge in [0.15, 0.2) is 0 Å². The van der Waals surface area contributed by atoms with Crippen molar-refractivity contribution in [3.63, 3.8) is 0 Å². The van der Waals surface area contributed by atoms with Crippen LogP contribution in [0.25, 0.3) is 11.3 Å². The van der Waals surface area contributed by atoms with E-state index in [-0.39, 0.29) is 5.91 Å². The van der Waals surface area contributed by atoms with E-state index in [9.17, 15) is 9.69 Å². The standard InChI is InChI=1S/C23H27N2O5P/c26-22(9-4-8-20-16-24-30-23(20)19-6-2-1-3-7-19)25-21-12-10-18(11-13-21)17-31(27)28-14-5-15-29-31/h1-3,6-7,10-13,16,27,31H,4-5,8-9,14-15,17H2,(H,25,26). The van der Waals surface area contributed by atoms with Crippen LogP contribution in [0.4, 0.5) is 5.69 Å². The topological polar surface area (TPSA) is 93.8 Å². The summed E-state index contributed by atoms with van der Waals surface area (Å²) in [5.74, 6) is 0.713. The molecule has 0 aliphatic carbocycles. The fourth-order valence-electron chi connectivity index (χ4n) is 3.56. The van der Waals surface area contributed by atoms with Gasteiger partial charge in [0.25, 0.3) is 0 Å². The zero-order valence-corrected chi connectivity index (χ0v) is 18.3. The van der Waals surface area contributed by atoms with Crippen LogP contribution in [-0.4, -0.2) is 29.2 Å². The van der Waals surface area contributed by atoms with Crippen molar-refractivity contribution in [3.05, 3.63) is 71.9 Å². The van der Waals surface area contributed by atoms with Gasteiger partial charge in [0.05, 0.1) is 0 Å². The second kappa shape index (κ2) is 10.2. The summed E-state index contributed by atoms with van der Waals surface area (Å²) in [6.07, 6.45) is 4.71. The number of nitrogens with zero attached hydrogens (tertiary/aromatic N) is 1. The van der Waals surface area contributed by atoms with Crippen molar-refractivity contribution in [1.29, 1.82) is 0 Å². The Kier molecular flexibility index (Phi) is 7.10. The first-order valence-electron chi connectivity index (χ1n) is 10.5. The molecule has 8 heteroatoms. The van der Waals surface area contributed by atoms with Gasteiger partial charge in [0, 0.05) is 5.56 Å². The Morgan fingerprint density at radius 1 is 1.06 bits per heavy atom. The number of aryl methyl sites for hydroxylation is 1. The first-order valence-corrected chi connectivity index (χ1v) is 12.5. The van der Waals surface area contributed by atoms with Crippen molar-refractivity contribution in [2.24, 2.45) is 0 Å². The number of hydrogen-bond donors (Lipinski definition) is 2. The minimum atomic E-state index is -3.10. The number of carbonyl (C=O) groups excluding carboxylic acids is 1. The number of carbonyl (C=O) groups is 1. The van der Waals surface area contributed by atoms with Crippen molar-refractivity contribution in [1.82, 2.24) is 5.16 Å². The zero-order chi connectivity index (χ0) is 21.5. The Morgan fingerprint density at radius 3 is 2.55 bits per heavy atom. The van der Waals surface area contributed by atoms with Gasteiger partial charge in [-0.25, -0.2) is 0 Å². The molecule has 0 saturated carbocycles. The van der Waals surface area contributed by atoms with E-state index in [1.54, 1.807) is 6.20 Å². The molecule has 2 N–H and O–H groups in total. The fourth-order valence-corrected chi connectivity index (χ4v) is 5.52. The Bertz CT molecular complexity index is 985. The van der Waals surface area contributed by atoms with Crippen molar-refractivity contribution < 1.29 is 23.3 Å². The Hall–Kier alpha value is -2.57. The molecular weight excluding hydrogens is 415 g/mol. The third-order valence-corrected chi connectivity index (χ3v) is 7.30. The third kappa shape index (κ3) is 5.99. The van der Waals surface area contributed by atoms with E-state index in [2.05, 4.69) is 10.5 Å². The van der Waals surface area contributed by atoms with Crippen LogP contribution in [0.3, 0.4) is 0 Å². The molecule has 1 amide bonds. The summed E-state index contributed by atoms with van der Waals surface area (Å²) in [7, 11) is -3.10. The van der Waals surface area contributed by atoms with Crippen LogP contribution in [0.15, 0.2) is 65.3 Å². The molecule has 0 radical (unpaired) electrons. The molecule has 1 aliphatic heterocycles. The zero-order valence-electron chi connectivity index (χ0n) is 17.3. The summed E-state index contributed by atoms with van der Waals surface area (Å²) >= 11 is 0. The van der Waals surface area contributed by atoms with Gasteiger partial charge in [-0.1, -0.05) is 35.5 Å². The minimum absolute atomic E-state index is 0.0441. The van der Waals surface area contributed by atoms with E-state index in [0.29, 0.717) is 38.6 Å². The Morgan fingerprint density at radius 2 is 1.81 bits per heavy atom. The van der Waals surface area contributed by atoms with E-state index in [1.807, 2.05) is 54.6 Å². The van der Waals surface area contributed by atoms with Gasteiger partial charge in [0.2, 0.25) is 0 Å². The predicted molar refractivity (Wildman–Crippen MR) is 121 cm³/mol. The first-order chi connectivity index (χ1) is 15.1. The van der Waals surface area contributed by atoms with E-state index >= 15 is 0 Å². The molecule has 3 aromatic rings. The van der Waals surface area contributed by atoms with Gasteiger partial charge in [-0.2, -0.15) is 0 Å². The van der Waals surface area contributed by atoms with Crippen LogP contribution in [0.2, 0.25) is 0 Å².